The molecule has 21 heavy (non-hydrogen) atoms. The summed E-state index contributed by atoms with van der Waals surface area (Å²) >= 11 is 8.04. The summed E-state index contributed by atoms with van der Waals surface area (Å²) in [4.78, 5) is 11.8. The fourth-order valence-corrected chi connectivity index (χ4v) is 2.80. The first kappa shape index (κ1) is 18.0. The lowest BCUT2D eigenvalue weighted by atomic mass is 10.1. The molecule has 6 heteroatoms. The van der Waals surface area contributed by atoms with Gasteiger partial charge in [0.2, 0.25) is 0 Å². The smallest absolute Gasteiger partial charge is 0.340 e. The Morgan fingerprint density at radius 2 is 2.05 bits per heavy atom. The molecular formula is C15H23ClN2O2S. The number of benzene rings is 1. The zero-order valence-electron chi connectivity index (χ0n) is 12.6. The van der Waals surface area contributed by atoms with E-state index >= 15 is 0 Å². The van der Waals surface area contributed by atoms with Crippen LogP contribution in [0.2, 0.25) is 5.02 Å². The first-order chi connectivity index (χ1) is 10.1. The van der Waals surface area contributed by atoms with E-state index in [1.807, 2.05) is 11.8 Å². The van der Waals surface area contributed by atoms with E-state index in [0.29, 0.717) is 22.0 Å². The molecule has 0 aliphatic carbocycles. The van der Waals surface area contributed by atoms with Crippen molar-refractivity contribution in [3.05, 3.63) is 22.7 Å². The van der Waals surface area contributed by atoms with Crippen molar-refractivity contribution in [2.45, 2.75) is 25.7 Å². The van der Waals surface area contributed by atoms with Crippen LogP contribution in [0, 0.1) is 0 Å². The summed E-state index contributed by atoms with van der Waals surface area (Å²) in [5.74, 6) is 0.774. The molecule has 0 aromatic heterocycles. The second-order valence-corrected chi connectivity index (χ2v) is 6.14. The number of hydrogen-bond acceptors (Lipinski definition) is 5. The number of thioether (sulfide) groups is 1. The second-order valence-electron chi connectivity index (χ2n) is 4.75. The Balaban J connectivity index is 2.56. The third kappa shape index (κ3) is 6.06. The molecule has 0 radical (unpaired) electrons. The predicted molar refractivity (Wildman–Crippen MR) is 92.5 cm³/mol. The third-order valence-electron chi connectivity index (χ3n) is 3.09. The molecule has 0 saturated carbocycles. The van der Waals surface area contributed by atoms with Gasteiger partial charge in [0.25, 0.3) is 0 Å². The van der Waals surface area contributed by atoms with Gasteiger partial charge in [-0.3, -0.25) is 0 Å². The van der Waals surface area contributed by atoms with E-state index in [2.05, 4.69) is 11.6 Å². The summed E-state index contributed by atoms with van der Waals surface area (Å²) in [5.41, 5.74) is 7.15. The molecule has 0 amide bonds. The Labute approximate surface area is 135 Å². The predicted octanol–water partition coefficient (Wildman–Crippen LogP) is 4.04. The molecule has 0 spiro atoms. The largest absolute Gasteiger partial charge is 0.465 e. The van der Waals surface area contributed by atoms with Crippen LogP contribution in [0.5, 0.6) is 0 Å². The molecule has 0 saturated heterocycles. The minimum Gasteiger partial charge on any atom is -0.465 e. The average molecular weight is 331 g/mol. The molecular weight excluding hydrogens is 308 g/mol. The van der Waals surface area contributed by atoms with Crippen LogP contribution < -0.4 is 11.1 Å². The Hall–Kier alpha value is -1.07. The molecule has 0 aliphatic heterocycles. The molecule has 0 heterocycles. The van der Waals surface area contributed by atoms with Crippen LogP contribution in [0.15, 0.2) is 12.1 Å². The minimum atomic E-state index is -0.438. The number of anilines is 2. The first-order valence-corrected chi connectivity index (χ1v) is 8.77. The zero-order valence-corrected chi connectivity index (χ0v) is 14.1. The van der Waals surface area contributed by atoms with Crippen LogP contribution in [-0.2, 0) is 4.74 Å². The highest BCUT2D eigenvalue weighted by atomic mass is 35.5. The van der Waals surface area contributed by atoms with Crippen molar-refractivity contribution in [3.8, 4) is 0 Å². The SMILES string of the molecule is COC(=O)c1cc(N)cc(Cl)c1NCCCCCCSC. The molecule has 1 rings (SSSR count). The van der Waals surface area contributed by atoms with Gasteiger partial charge in [-0.25, -0.2) is 4.79 Å². The fourth-order valence-electron chi connectivity index (χ4n) is 2.02. The van der Waals surface area contributed by atoms with E-state index in [4.69, 9.17) is 22.1 Å². The maximum Gasteiger partial charge on any atom is 0.340 e. The number of ether oxygens (including phenoxy) is 1. The van der Waals surface area contributed by atoms with Crippen LogP contribution in [0.4, 0.5) is 11.4 Å². The number of methoxy groups -OCH3 is 1. The van der Waals surface area contributed by atoms with Crippen LogP contribution in [0.25, 0.3) is 0 Å². The molecule has 118 valence electrons. The van der Waals surface area contributed by atoms with Crippen molar-refractivity contribution in [1.82, 2.24) is 0 Å². The number of nitrogens with one attached hydrogen (secondary N) is 1. The summed E-state index contributed by atoms with van der Waals surface area (Å²) in [5, 5.41) is 3.66. The molecule has 0 unspecified atom stereocenters. The second kappa shape index (κ2) is 9.79. The standard InChI is InChI=1S/C15H23ClN2O2S/c1-20-15(19)12-9-11(17)10-13(16)14(12)18-7-5-3-4-6-8-21-2/h9-10,18H,3-8,17H2,1-2H3. The number of carbonyl (C=O) groups is 1. The maximum absolute atomic E-state index is 11.8. The molecule has 1 aromatic carbocycles. The van der Waals surface area contributed by atoms with E-state index in [-0.39, 0.29) is 0 Å². The Kier molecular flexibility index (Phi) is 8.38. The number of nitrogens with two attached hydrogens (primary N) is 1. The maximum atomic E-state index is 11.8. The van der Waals surface area contributed by atoms with Crippen molar-refractivity contribution < 1.29 is 9.53 Å². The van der Waals surface area contributed by atoms with Gasteiger partial charge < -0.3 is 15.8 Å². The topological polar surface area (TPSA) is 64.3 Å². The Bertz CT molecular complexity index is 469. The zero-order chi connectivity index (χ0) is 15.7. The molecule has 0 atom stereocenters. The van der Waals surface area contributed by atoms with Crippen LogP contribution in [0.1, 0.15) is 36.0 Å². The highest BCUT2D eigenvalue weighted by Gasteiger charge is 2.15. The summed E-state index contributed by atoms with van der Waals surface area (Å²) in [6.45, 7) is 0.771. The lowest BCUT2D eigenvalue weighted by Crippen LogP contribution is -2.10. The number of halogens is 1. The van der Waals surface area contributed by atoms with Crippen molar-refractivity contribution in [3.63, 3.8) is 0 Å². The summed E-state index contributed by atoms with van der Waals surface area (Å²) < 4.78 is 4.76. The quantitative estimate of drug-likeness (QED) is 0.406. The summed E-state index contributed by atoms with van der Waals surface area (Å²) in [6.07, 6.45) is 6.79. The van der Waals surface area contributed by atoms with Gasteiger partial charge in [-0.15, -0.1) is 0 Å². The molecule has 0 aliphatic rings. The fraction of sp³-hybridized carbons (Fsp3) is 0.533. The van der Waals surface area contributed by atoms with Crippen LogP contribution in [-0.4, -0.2) is 31.6 Å². The molecule has 0 bridgehead atoms. The van der Waals surface area contributed by atoms with Gasteiger partial charge in [-0.2, -0.15) is 11.8 Å². The van der Waals surface area contributed by atoms with Gasteiger partial charge >= 0.3 is 5.97 Å². The van der Waals surface area contributed by atoms with Crippen LogP contribution >= 0.6 is 23.4 Å². The van der Waals surface area contributed by atoms with Gasteiger partial charge in [0, 0.05) is 12.2 Å². The van der Waals surface area contributed by atoms with E-state index < -0.39 is 5.97 Å². The minimum absolute atomic E-state index is 0.380. The lowest BCUT2D eigenvalue weighted by Gasteiger charge is -2.13. The van der Waals surface area contributed by atoms with Crippen LogP contribution in [0.3, 0.4) is 0 Å². The van der Waals surface area contributed by atoms with Gasteiger partial charge in [-0.05, 0) is 37.0 Å². The van der Waals surface area contributed by atoms with E-state index in [9.17, 15) is 4.79 Å². The number of hydrogen-bond donors (Lipinski definition) is 2. The normalized spacial score (nSPS) is 10.4. The van der Waals surface area contributed by atoms with Crippen molar-refractivity contribution >= 4 is 40.7 Å². The molecule has 4 nitrogen and oxygen atoms in total. The highest BCUT2D eigenvalue weighted by Crippen LogP contribution is 2.29. The van der Waals surface area contributed by atoms with E-state index in [0.717, 1.165) is 19.4 Å². The van der Waals surface area contributed by atoms with Crippen molar-refractivity contribution in [1.29, 1.82) is 0 Å². The van der Waals surface area contributed by atoms with E-state index in [1.165, 1.54) is 25.7 Å². The van der Waals surface area contributed by atoms with Gasteiger partial charge in [0.15, 0.2) is 0 Å². The monoisotopic (exact) mass is 330 g/mol. The summed E-state index contributed by atoms with van der Waals surface area (Å²) in [7, 11) is 1.34. The highest BCUT2D eigenvalue weighted by molar-refractivity contribution is 7.98. The van der Waals surface area contributed by atoms with Gasteiger partial charge in [0.05, 0.1) is 23.4 Å². The lowest BCUT2D eigenvalue weighted by molar-refractivity contribution is 0.0602. The number of rotatable bonds is 9. The molecule has 1 aromatic rings. The average Bonchev–Trinajstić information content (AvgIpc) is 2.46. The molecule has 0 fully saturated rings. The van der Waals surface area contributed by atoms with Gasteiger partial charge in [0.1, 0.15) is 0 Å². The third-order valence-corrected chi connectivity index (χ3v) is 4.09. The number of nitrogen functional groups attached to an aromatic ring is 1. The molecule has 3 N–H and O–H groups in total. The number of esters is 1. The Morgan fingerprint density at radius 3 is 2.71 bits per heavy atom. The van der Waals surface area contributed by atoms with Crippen molar-refractivity contribution in [2.75, 3.05) is 36.7 Å². The van der Waals surface area contributed by atoms with Crippen molar-refractivity contribution in [2.24, 2.45) is 0 Å². The van der Waals surface area contributed by atoms with E-state index in [1.54, 1.807) is 12.1 Å². The summed E-state index contributed by atoms with van der Waals surface area (Å²) in [6, 6.07) is 3.22. The first-order valence-electron chi connectivity index (χ1n) is 7.00. The number of unbranched alkanes of at least 4 members (excludes halogenated alkanes) is 3. The van der Waals surface area contributed by atoms with Gasteiger partial charge in [-0.1, -0.05) is 24.4 Å². The number of carbonyl (C=O) groups excluding carboxylic acids is 1. The Morgan fingerprint density at radius 1 is 1.33 bits per heavy atom.